The largest absolute Gasteiger partial charge is 0.380 e. The van der Waals surface area contributed by atoms with Gasteiger partial charge < -0.3 is 10.5 Å². The van der Waals surface area contributed by atoms with E-state index in [0.29, 0.717) is 6.04 Å². The number of ether oxygens (including phenoxy) is 1. The molecule has 0 spiro atoms. The quantitative estimate of drug-likeness (QED) is 0.549. The summed E-state index contributed by atoms with van der Waals surface area (Å²) in [7, 11) is 0. The molecule has 1 aliphatic heterocycles. The van der Waals surface area contributed by atoms with Crippen molar-refractivity contribution in [3.05, 3.63) is 0 Å². The number of likely N-dealkylation sites (tertiary alicyclic amines) is 1. The highest BCUT2D eigenvalue weighted by Gasteiger charge is 2.21. The molecule has 0 radical (unpaired) electrons. The molecular formula is C7H16N2O. The van der Waals surface area contributed by atoms with Crippen molar-refractivity contribution in [2.45, 2.75) is 13.0 Å². The Balaban J connectivity index is 1.86. The molecule has 0 aromatic heterocycles. The van der Waals surface area contributed by atoms with Gasteiger partial charge >= 0.3 is 0 Å². The molecule has 1 saturated heterocycles. The van der Waals surface area contributed by atoms with E-state index < -0.39 is 0 Å². The van der Waals surface area contributed by atoms with Crippen molar-refractivity contribution >= 4 is 0 Å². The Hall–Kier alpha value is -0.120. The first-order valence-electron chi connectivity index (χ1n) is 3.88. The smallest absolute Gasteiger partial charge is 0.0593 e. The van der Waals surface area contributed by atoms with Gasteiger partial charge in [0.05, 0.1) is 6.61 Å². The lowest BCUT2D eigenvalue weighted by Crippen LogP contribution is -2.56. The van der Waals surface area contributed by atoms with Gasteiger partial charge in [0.1, 0.15) is 0 Å². The monoisotopic (exact) mass is 144 g/mol. The van der Waals surface area contributed by atoms with Gasteiger partial charge in [-0.15, -0.1) is 0 Å². The van der Waals surface area contributed by atoms with Crippen LogP contribution in [0.1, 0.15) is 6.92 Å². The molecular weight excluding hydrogens is 128 g/mol. The molecule has 0 unspecified atom stereocenters. The van der Waals surface area contributed by atoms with Gasteiger partial charge in [-0.05, 0) is 6.92 Å². The maximum atomic E-state index is 5.59. The van der Waals surface area contributed by atoms with E-state index in [4.69, 9.17) is 10.5 Å². The first kappa shape index (κ1) is 7.98. The zero-order valence-electron chi connectivity index (χ0n) is 6.55. The van der Waals surface area contributed by atoms with E-state index in [2.05, 4.69) is 4.90 Å². The fraction of sp³-hybridized carbons (Fsp3) is 1.00. The average Bonchev–Trinajstić information content (AvgIpc) is 1.85. The minimum Gasteiger partial charge on any atom is -0.380 e. The van der Waals surface area contributed by atoms with E-state index in [1.807, 2.05) is 6.92 Å². The lowest BCUT2D eigenvalue weighted by Gasteiger charge is -2.36. The minimum atomic E-state index is 0.418. The molecule has 2 N–H and O–H groups in total. The van der Waals surface area contributed by atoms with Crippen molar-refractivity contribution in [3.63, 3.8) is 0 Å². The van der Waals surface area contributed by atoms with Gasteiger partial charge in [-0.2, -0.15) is 0 Å². The Bertz CT molecular complexity index is 91.6. The van der Waals surface area contributed by atoms with Crippen molar-refractivity contribution in [1.82, 2.24) is 4.90 Å². The molecule has 0 aliphatic carbocycles. The number of nitrogens with two attached hydrogens (primary N) is 1. The van der Waals surface area contributed by atoms with Crippen LogP contribution in [0.25, 0.3) is 0 Å². The highest BCUT2D eigenvalue weighted by molar-refractivity contribution is 4.81. The Morgan fingerprint density at radius 2 is 2.30 bits per heavy atom. The summed E-state index contributed by atoms with van der Waals surface area (Å²) >= 11 is 0. The van der Waals surface area contributed by atoms with Crippen LogP contribution >= 0.6 is 0 Å². The van der Waals surface area contributed by atoms with Gasteiger partial charge in [-0.1, -0.05) is 0 Å². The molecule has 60 valence electrons. The predicted molar refractivity (Wildman–Crippen MR) is 40.9 cm³/mol. The molecule has 1 aliphatic rings. The van der Waals surface area contributed by atoms with Crippen LogP contribution in [0.15, 0.2) is 0 Å². The first-order chi connectivity index (χ1) is 4.83. The molecule has 10 heavy (non-hydrogen) atoms. The molecule has 0 aromatic rings. The Morgan fingerprint density at radius 3 is 2.80 bits per heavy atom. The molecule has 0 saturated carbocycles. The molecule has 0 aromatic carbocycles. The summed E-state index contributed by atoms with van der Waals surface area (Å²) in [5.41, 5.74) is 5.59. The second-order valence-electron chi connectivity index (χ2n) is 2.72. The van der Waals surface area contributed by atoms with Crippen molar-refractivity contribution in [2.75, 3.05) is 32.8 Å². The molecule has 0 amide bonds. The highest BCUT2D eigenvalue weighted by Crippen LogP contribution is 2.03. The third-order valence-corrected chi connectivity index (χ3v) is 1.74. The Morgan fingerprint density at radius 1 is 1.60 bits per heavy atom. The molecule has 0 atom stereocenters. The summed E-state index contributed by atoms with van der Waals surface area (Å²) in [6.45, 7) is 6.83. The summed E-state index contributed by atoms with van der Waals surface area (Å²) < 4.78 is 5.19. The second-order valence-corrected chi connectivity index (χ2v) is 2.72. The van der Waals surface area contributed by atoms with Gasteiger partial charge in [-0.3, -0.25) is 4.90 Å². The second kappa shape index (κ2) is 3.91. The predicted octanol–water partition coefficient (Wildman–Crippen LogP) is -0.334. The standard InChI is InChI=1S/C7H16N2O/c1-2-10-4-3-9-5-7(8)6-9/h7H,2-6,8H2,1H3. The van der Waals surface area contributed by atoms with Gasteiger partial charge in [-0.25, -0.2) is 0 Å². The topological polar surface area (TPSA) is 38.5 Å². The van der Waals surface area contributed by atoms with Crippen LogP contribution in [0, 0.1) is 0 Å². The fourth-order valence-electron chi connectivity index (χ4n) is 1.13. The zero-order valence-corrected chi connectivity index (χ0v) is 6.55. The van der Waals surface area contributed by atoms with E-state index in [-0.39, 0.29) is 0 Å². The van der Waals surface area contributed by atoms with Crippen LogP contribution in [0.3, 0.4) is 0 Å². The van der Waals surface area contributed by atoms with Crippen LogP contribution in [-0.2, 0) is 4.74 Å². The normalized spacial score (nSPS) is 21.0. The van der Waals surface area contributed by atoms with E-state index >= 15 is 0 Å². The number of rotatable bonds is 4. The maximum absolute atomic E-state index is 5.59. The summed E-state index contributed by atoms with van der Waals surface area (Å²) in [4.78, 5) is 2.31. The summed E-state index contributed by atoms with van der Waals surface area (Å²) in [6.07, 6.45) is 0. The van der Waals surface area contributed by atoms with E-state index in [9.17, 15) is 0 Å². The van der Waals surface area contributed by atoms with Crippen molar-refractivity contribution in [3.8, 4) is 0 Å². The Labute approximate surface area is 62.1 Å². The maximum Gasteiger partial charge on any atom is 0.0593 e. The van der Waals surface area contributed by atoms with Crippen molar-refractivity contribution in [2.24, 2.45) is 5.73 Å². The van der Waals surface area contributed by atoms with Crippen LogP contribution in [0.5, 0.6) is 0 Å². The third kappa shape index (κ3) is 2.25. The Kier molecular flexibility index (Phi) is 3.12. The van der Waals surface area contributed by atoms with E-state index in [1.165, 1.54) is 0 Å². The fourth-order valence-corrected chi connectivity index (χ4v) is 1.13. The molecule has 0 bridgehead atoms. The third-order valence-electron chi connectivity index (χ3n) is 1.74. The molecule has 3 nitrogen and oxygen atoms in total. The van der Waals surface area contributed by atoms with E-state index in [1.54, 1.807) is 0 Å². The van der Waals surface area contributed by atoms with Crippen LogP contribution in [0.2, 0.25) is 0 Å². The van der Waals surface area contributed by atoms with Crippen LogP contribution < -0.4 is 5.73 Å². The molecule has 3 heteroatoms. The van der Waals surface area contributed by atoms with Crippen molar-refractivity contribution in [1.29, 1.82) is 0 Å². The number of hydrogen-bond acceptors (Lipinski definition) is 3. The zero-order chi connectivity index (χ0) is 7.40. The average molecular weight is 144 g/mol. The van der Waals surface area contributed by atoms with Crippen LogP contribution in [0.4, 0.5) is 0 Å². The molecule has 1 rings (SSSR count). The number of hydrogen-bond donors (Lipinski definition) is 1. The van der Waals surface area contributed by atoms with Gasteiger partial charge in [0.2, 0.25) is 0 Å². The highest BCUT2D eigenvalue weighted by atomic mass is 16.5. The summed E-state index contributed by atoms with van der Waals surface area (Å²) in [5.74, 6) is 0. The molecule has 1 heterocycles. The first-order valence-corrected chi connectivity index (χ1v) is 3.88. The minimum absolute atomic E-state index is 0.418. The summed E-state index contributed by atoms with van der Waals surface area (Å²) in [5, 5.41) is 0. The lowest BCUT2D eigenvalue weighted by molar-refractivity contribution is 0.0770. The number of nitrogens with zero attached hydrogens (tertiary/aromatic N) is 1. The van der Waals surface area contributed by atoms with Crippen molar-refractivity contribution < 1.29 is 4.74 Å². The van der Waals surface area contributed by atoms with Gasteiger partial charge in [0.15, 0.2) is 0 Å². The lowest BCUT2D eigenvalue weighted by atomic mass is 10.1. The van der Waals surface area contributed by atoms with Gasteiger partial charge in [0.25, 0.3) is 0 Å². The molecule has 1 fully saturated rings. The van der Waals surface area contributed by atoms with Crippen LogP contribution in [-0.4, -0.2) is 43.8 Å². The summed E-state index contributed by atoms with van der Waals surface area (Å²) in [6, 6.07) is 0.418. The van der Waals surface area contributed by atoms with Gasteiger partial charge in [0, 0.05) is 32.3 Å². The van der Waals surface area contributed by atoms with E-state index in [0.717, 1.165) is 32.8 Å². The SMILES string of the molecule is CCOCCN1CC(N)C1.